The molecule has 1 aromatic rings. The second kappa shape index (κ2) is 18.3. The SMILES string of the molecule is CCCCCCCCCCCCCCC#CCOCc1ccc(C(=O)OC)cc1. The Morgan fingerprint density at radius 3 is 1.90 bits per heavy atom. The van der Waals surface area contributed by atoms with Gasteiger partial charge < -0.3 is 9.47 Å². The summed E-state index contributed by atoms with van der Waals surface area (Å²) in [6.45, 7) is 3.24. The molecule has 1 rings (SSSR count). The maximum Gasteiger partial charge on any atom is 0.337 e. The van der Waals surface area contributed by atoms with E-state index in [2.05, 4.69) is 23.5 Å². The molecular formula is C26H40O3. The average molecular weight is 401 g/mol. The quantitative estimate of drug-likeness (QED) is 0.169. The van der Waals surface area contributed by atoms with Crippen molar-refractivity contribution >= 4 is 5.97 Å². The van der Waals surface area contributed by atoms with E-state index in [0.717, 1.165) is 12.0 Å². The molecule has 0 heterocycles. The fourth-order valence-corrected chi connectivity index (χ4v) is 3.27. The van der Waals surface area contributed by atoms with Crippen LogP contribution in [-0.4, -0.2) is 19.7 Å². The van der Waals surface area contributed by atoms with Gasteiger partial charge in [-0.1, -0.05) is 95.6 Å². The van der Waals surface area contributed by atoms with Gasteiger partial charge in [0.1, 0.15) is 6.61 Å². The molecule has 0 saturated heterocycles. The molecule has 3 heteroatoms. The molecule has 0 unspecified atom stereocenters. The molecule has 162 valence electrons. The standard InChI is InChI=1S/C26H40O3/c1-3-4-5-6-7-8-9-10-11-12-13-14-15-16-17-22-29-23-24-18-20-25(21-19-24)26(27)28-2/h18-21H,3-15,22-23H2,1-2H3. The summed E-state index contributed by atoms with van der Waals surface area (Å²) in [5, 5.41) is 0. The molecule has 0 aliphatic rings. The first-order chi connectivity index (χ1) is 14.3. The summed E-state index contributed by atoms with van der Waals surface area (Å²) < 4.78 is 10.3. The number of rotatable bonds is 16. The number of carbonyl (C=O) groups excluding carboxylic acids is 1. The Bertz CT molecular complexity index is 580. The first kappa shape index (κ1) is 25.2. The third kappa shape index (κ3) is 13.9. The molecular weight excluding hydrogens is 360 g/mol. The summed E-state index contributed by atoms with van der Waals surface area (Å²) >= 11 is 0. The number of esters is 1. The lowest BCUT2D eigenvalue weighted by Gasteiger charge is -2.03. The van der Waals surface area contributed by atoms with E-state index in [-0.39, 0.29) is 5.97 Å². The van der Waals surface area contributed by atoms with Gasteiger partial charge in [0, 0.05) is 6.42 Å². The molecule has 0 bridgehead atoms. The Kier molecular flexibility index (Phi) is 15.9. The maximum atomic E-state index is 11.4. The van der Waals surface area contributed by atoms with Crippen LogP contribution in [0.1, 0.15) is 106 Å². The number of hydrogen-bond donors (Lipinski definition) is 0. The van der Waals surface area contributed by atoms with Crippen LogP contribution >= 0.6 is 0 Å². The Hall–Kier alpha value is -1.79. The second-order valence-electron chi connectivity index (χ2n) is 7.67. The van der Waals surface area contributed by atoms with Gasteiger partial charge in [0.05, 0.1) is 19.3 Å². The van der Waals surface area contributed by atoms with Crippen molar-refractivity contribution in [1.29, 1.82) is 0 Å². The molecule has 0 amide bonds. The number of unbranched alkanes of at least 4 members (excludes halogenated alkanes) is 12. The highest BCUT2D eigenvalue weighted by Gasteiger charge is 2.03. The lowest BCUT2D eigenvalue weighted by Crippen LogP contribution is -2.01. The van der Waals surface area contributed by atoms with Crippen LogP contribution in [0.4, 0.5) is 0 Å². The van der Waals surface area contributed by atoms with E-state index in [1.165, 1.54) is 84.2 Å². The molecule has 0 aliphatic heterocycles. The summed E-state index contributed by atoms with van der Waals surface area (Å²) in [4.78, 5) is 11.4. The fourth-order valence-electron chi connectivity index (χ4n) is 3.27. The van der Waals surface area contributed by atoms with Crippen molar-refractivity contribution in [3.63, 3.8) is 0 Å². The topological polar surface area (TPSA) is 35.5 Å². The van der Waals surface area contributed by atoms with Crippen molar-refractivity contribution in [2.45, 2.75) is 97.0 Å². The second-order valence-corrected chi connectivity index (χ2v) is 7.67. The van der Waals surface area contributed by atoms with Gasteiger partial charge in [-0.3, -0.25) is 0 Å². The Morgan fingerprint density at radius 2 is 1.34 bits per heavy atom. The molecule has 29 heavy (non-hydrogen) atoms. The Balaban J connectivity index is 1.90. The highest BCUT2D eigenvalue weighted by Crippen LogP contribution is 2.12. The van der Waals surface area contributed by atoms with Crippen LogP contribution in [0.25, 0.3) is 0 Å². The molecule has 0 aromatic heterocycles. The summed E-state index contributed by atoms with van der Waals surface area (Å²) in [6, 6.07) is 7.27. The van der Waals surface area contributed by atoms with Gasteiger partial charge in [0.15, 0.2) is 0 Å². The van der Waals surface area contributed by atoms with E-state index in [0.29, 0.717) is 18.8 Å². The van der Waals surface area contributed by atoms with Crippen molar-refractivity contribution in [1.82, 2.24) is 0 Å². The largest absolute Gasteiger partial charge is 0.465 e. The van der Waals surface area contributed by atoms with E-state index in [1.54, 1.807) is 12.1 Å². The van der Waals surface area contributed by atoms with E-state index in [4.69, 9.17) is 4.74 Å². The first-order valence-corrected chi connectivity index (χ1v) is 11.5. The summed E-state index contributed by atoms with van der Waals surface area (Å²) in [5.41, 5.74) is 1.58. The van der Waals surface area contributed by atoms with Crippen LogP contribution in [0.5, 0.6) is 0 Å². The minimum Gasteiger partial charge on any atom is -0.465 e. The van der Waals surface area contributed by atoms with Crippen LogP contribution in [0.15, 0.2) is 24.3 Å². The number of hydrogen-bond acceptors (Lipinski definition) is 3. The average Bonchev–Trinajstić information content (AvgIpc) is 2.75. The monoisotopic (exact) mass is 400 g/mol. The Labute approximate surface area is 178 Å². The third-order valence-corrected chi connectivity index (χ3v) is 5.10. The van der Waals surface area contributed by atoms with E-state index in [1.807, 2.05) is 12.1 Å². The van der Waals surface area contributed by atoms with E-state index >= 15 is 0 Å². The van der Waals surface area contributed by atoms with Crippen LogP contribution in [-0.2, 0) is 16.1 Å². The van der Waals surface area contributed by atoms with Crippen molar-refractivity contribution in [2.75, 3.05) is 13.7 Å². The maximum absolute atomic E-state index is 11.4. The number of carbonyl (C=O) groups is 1. The van der Waals surface area contributed by atoms with E-state index < -0.39 is 0 Å². The number of benzene rings is 1. The minimum absolute atomic E-state index is 0.318. The van der Waals surface area contributed by atoms with Crippen molar-refractivity contribution < 1.29 is 14.3 Å². The molecule has 1 aromatic carbocycles. The summed E-state index contributed by atoms with van der Waals surface area (Å²) in [5.74, 6) is 5.97. The number of ether oxygens (including phenoxy) is 2. The zero-order valence-electron chi connectivity index (χ0n) is 18.6. The van der Waals surface area contributed by atoms with Crippen LogP contribution in [0, 0.1) is 11.8 Å². The van der Waals surface area contributed by atoms with Gasteiger partial charge in [0.25, 0.3) is 0 Å². The first-order valence-electron chi connectivity index (χ1n) is 11.5. The van der Waals surface area contributed by atoms with Gasteiger partial charge >= 0.3 is 5.97 Å². The normalized spacial score (nSPS) is 10.4. The molecule has 0 saturated carbocycles. The van der Waals surface area contributed by atoms with Crippen LogP contribution in [0.2, 0.25) is 0 Å². The molecule has 0 aliphatic carbocycles. The molecule has 0 fully saturated rings. The predicted octanol–water partition coefficient (Wildman–Crippen LogP) is 7.08. The van der Waals surface area contributed by atoms with Crippen molar-refractivity contribution in [3.8, 4) is 11.8 Å². The van der Waals surface area contributed by atoms with Gasteiger partial charge in [-0.2, -0.15) is 0 Å². The molecule has 0 atom stereocenters. The predicted molar refractivity (Wildman–Crippen MR) is 121 cm³/mol. The fraction of sp³-hybridized carbons (Fsp3) is 0.654. The Morgan fingerprint density at radius 1 is 0.793 bits per heavy atom. The minimum atomic E-state index is -0.318. The van der Waals surface area contributed by atoms with Crippen LogP contribution < -0.4 is 0 Å². The zero-order chi connectivity index (χ0) is 21.0. The van der Waals surface area contributed by atoms with Gasteiger partial charge in [-0.15, -0.1) is 5.92 Å². The lowest BCUT2D eigenvalue weighted by molar-refractivity contribution is 0.0600. The zero-order valence-corrected chi connectivity index (χ0v) is 18.6. The van der Waals surface area contributed by atoms with E-state index in [9.17, 15) is 4.79 Å². The number of methoxy groups -OCH3 is 1. The van der Waals surface area contributed by atoms with Crippen molar-refractivity contribution in [2.24, 2.45) is 0 Å². The van der Waals surface area contributed by atoms with Crippen molar-refractivity contribution in [3.05, 3.63) is 35.4 Å². The smallest absolute Gasteiger partial charge is 0.337 e. The third-order valence-electron chi connectivity index (χ3n) is 5.10. The molecule has 3 nitrogen and oxygen atoms in total. The lowest BCUT2D eigenvalue weighted by atomic mass is 10.0. The summed E-state index contributed by atoms with van der Waals surface area (Å²) in [6.07, 6.45) is 17.4. The van der Waals surface area contributed by atoms with Gasteiger partial charge in [0.2, 0.25) is 0 Å². The molecule has 0 N–H and O–H groups in total. The highest BCUT2D eigenvalue weighted by atomic mass is 16.5. The van der Waals surface area contributed by atoms with Gasteiger partial charge in [-0.25, -0.2) is 4.79 Å². The highest BCUT2D eigenvalue weighted by molar-refractivity contribution is 5.89. The van der Waals surface area contributed by atoms with Gasteiger partial charge in [-0.05, 0) is 24.1 Å². The molecule has 0 radical (unpaired) electrons. The molecule has 0 spiro atoms. The van der Waals surface area contributed by atoms with Crippen LogP contribution in [0.3, 0.4) is 0 Å². The summed E-state index contributed by atoms with van der Waals surface area (Å²) in [7, 11) is 1.38.